The molecule has 0 spiro atoms. The molecule has 174 valence electrons. The SMILES string of the molecule is C=CCOC(=O)COc1ccc2c(=O)c(-c3ccc(OC)c(OC)c3)c(C(F)(F)F)oc2c1. The third-order valence-electron chi connectivity index (χ3n) is 4.51. The van der Waals surface area contributed by atoms with Crippen molar-refractivity contribution in [2.45, 2.75) is 6.18 Å². The lowest BCUT2D eigenvalue weighted by molar-refractivity contribution is -0.152. The summed E-state index contributed by atoms with van der Waals surface area (Å²) >= 11 is 0. The van der Waals surface area contributed by atoms with Crippen molar-refractivity contribution in [3.05, 3.63) is 65.0 Å². The van der Waals surface area contributed by atoms with E-state index < -0.39 is 35.5 Å². The van der Waals surface area contributed by atoms with Crippen LogP contribution in [0, 0.1) is 0 Å². The molecule has 0 aliphatic heterocycles. The van der Waals surface area contributed by atoms with E-state index in [1.54, 1.807) is 0 Å². The minimum Gasteiger partial charge on any atom is -0.493 e. The number of hydrogen-bond donors (Lipinski definition) is 0. The van der Waals surface area contributed by atoms with Gasteiger partial charge in [0.25, 0.3) is 0 Å². The molecule has 0 atom stereocenters. The summed E-state index contributed by atoms with van der Waals surface area (Å²) in [6.45, 7) is 2.91. The van der Waals surface area contributed by atoms with Crippen molar-refractivity contribution in [3.8, 4) is 28.4 Å². The van der Waals surface area contributed by atoms with Crippen LogP contribution in [0.2, 0.25) is 0 Å². The highest BCUT2D eigenvalue weighted by atomic mass is 19.4. The van der Waals surface area contributed by atoms with Crippen LogP contribution in [0.4, 0.5) is 13.2 Å². The number of rotatable bonds is 8. The molecule has 0 bridgehead atoms. The molecule has 0 saturated heterocycles. The van der Waals surface area contributed by atoms with Gasteiger partial charge in [-0.2, -0.15) is 13.2 Å². The van der Waals surface area contributed by atoms with Crippen LogP contribution in [-0.4, -0.2) is 33.4 Å². The van der Waals surface area contributed by atoms with E-state index in [2.05, 4.69) is 6.58 Å². The Labute approximate surface area is 185 Å². The van der Waals surface area contributed by atoms with E-state index in [1.807, 2.05) is 0 Å². The second-order valence-corrected chi connectivity index (χ2v) is 6.62. The molecule has 7 nitrogen and oxygen atoms in total. The van der Waals surface area contributed by atoms with Gasteiger partial charge in [0.1, 0.15) is 17.9 Å². The van der Waals surface area contributed by atoms with Crippen molar-refractivity contribution in [1.82, 2.24) is 0 Å². The highest BCUT2D eigenvalue weighted by Crippen LogP contribution is 2.40. The summed E-state index contributed by atoms with van der Waals surface area (Å²) in [7, 11) is 2.70. The molecular weight excluding hydrogens is 445 g/mol. The molecule has 0 amide bonds. The zero-order valence-electron chi connectivity index (χ0n) is 17.7. The van der Waals surface area contributed by atoms with Gasteiger partial charge in [-0.15, -0.1) is 0 Å². The van der Waals surface area contributed by atoms with Crippen molar-refractivity contribution < 1.29 is 41.3 Å². The van der Waals surface area contributed by atoms with Crippen molar-refractivity contribution in [3.63, 3.8) is 0 Å². The smallest absolute Gasteiger partial charge is 0.450 e. The molecule has 0 N–H and O–H groups in total. The summed E-state index contributed by atoms with van der Waals surface area (Å²) in [5.74, 6) is -1.72. The summed E-state index contributed by atoms with van der Waals surface area (Å²) in [5, 5.41) is -0.102. The number of carbonyl (C=O) groups is 1. The van der Waals surface area contributed by atoms with Gasteiger partial charge < -0.3 is 23.4 Å². The molecule has 0 radical (unpaired) electrons. The van der Waals surface area contributed by atoms with Crippen molar-refractivity contribution >= 4 is 16.9 Å². The largest absolute Gasteiger partial charge is 0.493 e. The fraction of sp³-hybridized carbons (Fsp3) is 0.217. The fourth-order valence-electron chi connectivity index (χ4n) is 3.05. The first-order valence-electron chi connectivity index (χ1n) is 9.49. The van der Waals surface area contributed by atoms with E-state index in [0.29, 0.717) is 0 Å². The number of ether oxygens (including phenoxy) is 4. The van der Waals surface area contributed by atoms with Gasteiger partial charge in [-0.1, -0.05) is 18.7 Å². The number of alkyl halides is 3. The summed E-state index contributed by atoms with van der Waals surface area (Å²) < 4.78 is 66.9. The van der Waals surface area contributed by atoms with Crippen LogP contribution in [0.5, 0.6) is 17.2 Å². The Balaban J connectivity index is 2.10. The Bertz CT molecular complexity index is 1250. The first-order chi connectivity index (χ1) is 15.7. The molecule has 0 saturated carbocycles. The van der Waals surface area contributed by atoms with Gasteiger partial charge in [-0.05, 0) is 29.8 Å². The van der Waals surface area contributed by atoms with E-state index in [0.717, 1.165) is 6.07 Å². The lowest BCUT2D eigenvalue weighted by Gasteiger charge is -2.15. The van der Waals surface area contributed by atoms with Crippen molar-refractivity contribution in [1.29, 1.82) is 0 Å². The fourth-order valence-corrected chi connectivity index (χ4v) is 3.05. The van der Waals surface area contributed by atoms with Crippen LogP contribution < -0.4 is 19.6 Å². The maximum Gasteiger partial charge on any atom is 0.450 e. The lowest BCUT2D eigenvalue weighted by atomic mass is 10.0. The van der Waals surface area contributed by atoms with Gasteiger partial charge in [0.15, 0.2) is 18.1 Å². The summed E-state index contributed by atoms with van der Waals surface area (Å²) in [5.41, 5.74) is -1.97. The van der Waals surface area contributed by atoms with Gasteiger partial charge in [-0.3, -0.25) is 4.79 Å². The number of fused-ring (bicyclic) bond motifs is 1. The van der Waals surface area contributed by atoms with Crippen LogP contribution >= 0.6 is 0 Å². The Kier molecular flexibility index (Phi) is 6.95. The number of halogens is 3. The summed E-state index contributed by atoms with van der Waals surface area (Å²) in [4.78, 5) is 24.6. The minimum atomic E-state index is -4.97. The molecule has 10 heteroatoms. The average Bonchev–Trinajstić information content (AvgIpc) is 2.80. The first-order valence-corrected chi connectivity index (χ1v) is 9.49. The Morgan fingerprint density at radius 3 is 2.45 bits per heavy atom. The number of carbonyl (C=O) groups excluding carboxylic acids is 1. The number of benzene rings is 2. The van der Waals surface area contributed by atoms with Crippen molar-refractivity contribution in [2.24, 2.45) is 0 Å². The van der Waals surface area contributed by atoms with E-state index in [-0.39, 0.29) is 40.4 Å². The van der Waals surface area contributed by atoms with Crippen LogP contribution in [0.25, 0.3) is 22.1 Å². The highest BCUT2D eigenvalue weighted by Gasteiger charge is 2.39. The molecule has 0 aliphatic carbocycles. The monoisotopic (exact) mass is 464 g/mol. The predicted octanol–water partition coefficient (Wildman–Crippen LogP) is 4.60. The van der Waals surface area contributed by atoms with E-state index in [1.165, 1.54) is 50.6 Å². The van der Waals surface area contributed by atoms with E-state index >= 15 is 0 Å². The van der Waals surface area contributed by atoms with Gasteiger partial charge in [-0.25, -0.2) is 4.79 Å². The standard InChI is InChI=1S/C23H19F3O7/c1-4-9-31-19(27)12-32-14-6-7-15-17(11-14)33-22(23(24,25)26)20(21(15)28)13-5-8-16(29-2)18(10-13)30-3/h4-8,10-11H,1,9,12H2,2-3H3. The van der Waals surface area contributed by atoms with E-state index in [4.69, 9.17) is 23.4 Å². The van der Waals surface area contributed by atoms with Crippen LogP contribution in [0.3, 0.4) is 0 Å². The summed E-state index contributed by atoms with van der Waals surface area (Å²) in [6.07, 6.45) is -3.60. The molecule has 0 aliphatic rings. The topological polar surface area (TPSA) is 84.2 Å². The zero-order valence-corrected chi connectivity index (χ0v) is 17.7. The molecule has 0 fully saturated rings. The van der Waals surface area contributed by atoms with Gasteiger partial charge in [0.2, 0.25) is 11.2 Å². The highest BCUT2D eigenvalue weighted by molar-refractivity contribution is 5.84. The lowest BCUT2D eigenvalue weighted by Crippen LogP contribution is -2.17. The molecule has 3 aromatic rings. The number of methoxy groups -OCH3 is 2. The Hall–Kier alpha value is -3.95. The normalized spacial score (nSPS) is 11.2. The minimum absolute atomic E-state index is 0.0113. The second kappa shape index (κ2) is 9.68. The van der Waals surface area contributed by atoms with Crippen LogP contribution in [0.1, 0.15) is 5.76 Å². The summed E-state index contributed by atoms with van der Waals surface area (Å²) in [6, 6.07) is 7.66. The second-order valence-electron chi connectivity index (χ2n) is 6.62. The van der Waals surface area contributed by atoms with Gasteiger partial charge in [0, 0.05) is 6.07 Å². The maximum absolute atomic E-state index is 13.9. The van der Waals surface area contributed by atoms with E-state index in [9.17, 15) is 22.8 Å². The van der Waals surface area contributed by atoms with Crippen LogP contribution in [-0.2, 0) is 15.7 Å². The Morgan fingerprint density at radius 2 is 1.82 bits per heavy atom. The van der Waals surface area contributed by atoms with Crippen LogP contribution in [0.15, 0.2) is 58.3 Å². The van der Waals surface area contributed by atoms with Crippen molar-refractivity contribution in [2.75, 3.05) is 27.4 Å². The molecule has 33 heavy (non-hydrogen) atoms. The van der Waals surface area contributed by atoms with Gasteiger partial charge >= 0.3 is 12.1 Å². The molecule has 1 heterocycles. The maximum atomic E-state index is 13.9. The number of hydrogen-bond acceptors (Lipinski definition) is 7. The van der Waals surface area contributed by atoms with Gasteiger partial charge in [0.05, 0.1) is 25.2 Å². The first kappa shape index (κ1) is 23.7. The third-order valence-corrected chi connectivity index (χ3v) is 4.51. The zero-order chi connectivity index (χ0) is 24.2. The molecule has 3 rings (SSSR count). The average molecular weight is 464 g/mol. The number of esters is 1. The molecule has 2 aromatic carbocycles. The predicted molar refractivity (Wildman–Crippen MR) is 113 cm³/mol. The third kappa shape index (κ3) is 5.11. The quantitative estimate of drug-likeness (QED) is 0.356. The molecule has 0 unspecified atom stereocenters. The Morgan fingerprint density at radius 1 is 1.09 bits per heavy atom. The molecule has 1 aromatic heterocycles. The molecular formula is C23H19F3O7.